The third-order valence-electron chi connectivity index (χ3n) is 6.66. The molecule has 4 heterocycles. The maximum atomic E-state index is 13.3. The van der Waals surface area contributed by atoms with Crippen molar-refractivity contribution in [3.63, 3.8) is 0 Å². The molecule has 2 aliphatic rings. The number of benzene rings is 1. The number of rotatable bonds is 6. The van der Waals surface area contributed by atoms with E-state index in [1.807, 2.05) is 24.7 Å². The van der Waals surface area contributed by atoms with E-state index in [-0.39, 0.29) is 5.56 Å². The van der Waals surface area contributed by atoms with E-state index in [9.17, 15) is 4.79 Å². The highest BCUT2D eigenvalue weighted by molar-refractivity contribution is 5.23. The van der Waals surface area contributed by atoms with Crippen LogP contribution in [0.1, 0.15) is 35.0 Å². The lowest BCUT2D eigenvalue weighted by Gasteiger charge is -2.43. The van der Waals surface area contributed by atoms with Gasteiger partial charge in [0.2, 0.25) is 0 Å². The number of aryl methyl sites for hydroxylation is 1. The standard InChI is InChI=1S/C24H30N6O/c1-27(16-23-26-25-17-28(23)2)14-20-8-9-22-21-10-19(13-30(22)24(20)31)12-29(15-21)11-18-6-4-3-5-7-18/h3-9,17,19,21H,10-16H2,1-2H3/t19-,21+/m0/s1. The van der Waals surface area contributed by atoms with Crippen LogP contribution in [0.5, 0.6) is 0 Å². The van der Waals surface area contributed by atoms with Crippen molar-refractivity contribution in [3.8, 4) is 0 Å². The lowest BCUT2D eigenvalue weighted by molar-refractivity contribution is 0.114. The summed E-state index contributed by atoms with van der Waals surface area (Å²) in [5, 5.41) is 8.09. The van der Waals surface area contributed by atoms with Crippen molar-refractivity contribution in [1.82, 2.24) is 29.1 Å². The maximum absolute atomic E-state index is 13.3. The Morgan fingerprint density at radius 3 is 2.68 bits per heavy atom. The third-order valence-corrected chi connectivity index (χ3v) is 6.66. The fraction of sp³-hybridized carbons (Fsp3) is 0.458. The van der Waals surface area contributed by atoms with Gasteiger partial charge < -0.3 is 9.13 Å². The SMILES string of the molecule is CN(Cc1ccc2n(c1=O)C[C@H]1C[C@@H]2CN(Cc2ccccc2)C1)Cc1nncn1C. The minimum absolute atomic E-state index is 0.175. The van der Waals surface area contributed by atoms with Crippen LogP contribution >= 0.6 is 0 Å². The fourth-order valence-electron chi connectivity index (χ4n) is 5.22. The van der Waals surface area contributed by atoms with Gasteiger partial charge in [-0.2, -0.15) is 0 Å². The molecule has 7 nitrogen and oxygen atoms in total. The molecule has 1 aromatic carbocycles. The van der Waals surface area contributed by atoms with Crippen molar-refractivity contribution in [2.45, 2.75) is 38.5 Å². The molecule has 2 aliphatic heterocycles. The molecule has 162 valence electrons. The van der Waals surface area contributed by atoms with Crippen molar-refractivity contribution in [1.29, 1.82) is 0 Å². The molecule has 0 spiro atoms. The summed E-state index contributed by atoms with van der Waals surface area (Å²) in [6.45, 7) is 5.18. The smallest absolute Gasteiger partial charge is 0.255 e. The molecule has 5 rings (SSSR count). The largest absolute Gasteiger partial charge is 0.320 e. The van der Waals surface area contributed by atoms with Gasteiger partial charge >= 0.3 is 0 Å². The van der Waals surface area contributed by atoms with Crippen molar-refractivity contribution in [2.75, 3.05) is 20.1 Å². The molecule has 1 saturated heterocycles. The van der Waals surface area contributed by atoms with Crippen molar-refractivity contribution in [2.24, 2.45) is 13.0 Å². The monoisotopic (exact) mass is 418 g/mol. The van der Waals surface area contributed by atoms with Gasteiger partial charge in [-0.1, -0.05) is 36.4 Å². The van der Waals surface area contributed by atoms with Crippen molar-refractivity contribution >= 4 is 0 Å². The number of likely N-dealkylation sites (tertiary alicyclic amines) is 1. The zero-order valence-corrected chi connectivity index (χ0v) is 18.3. The molecule has 7 heteroatoms. The van der Waals surface area contributed by atoms with Crippen LogP contribution < -0.4 is 5.56 Å². The van der Waals surface area contributed by atoms with Gasteiger partial charge in [0.05, 0.1) is 6.54 Å². The number of hydrogen-bond acceptors (Lipinski definition) is 5. The first kappa shape index (κ1) is 20.2. The quantitative estimate of drug-likeness (QED) is 0.614. The van der Waals surface area contributed by atoms with E-state index in [2.05, 4.69) is 61.0 Å². The molecule has 0 saturated carbocycles. The molecule has 0 unspecified atom stereocenters. The van der Waals surface area contributed by atoms with E-state index in [0.717, 1.165) is 37.6 Å². The molecular formula is C24H30N6O. The highest BCUT2D eigenvalue weighted by Gasteiger charge is 2.34. The van der Waals surface area contributed by atoms with Crippen LogP contribution in [0.15, 0.2) is 53.6 Å². The molecule has 0 N–H and O–H groups in total. The van der Waals surface area contributed by atoms with Crippen LogP contribution in [0.3, 0.4) is 0 Å². The number of pyridine rings is 1. The highest BCUT2D eigenvalue weighted by Crippen LogP contribution is 2.35. The normalized spacial score (nSPS) is 20.7. The first-order chi connectivity index (χ1) is 15.1. The fourth-order valence-corrected chi connectivity index (χ4v) is 5.22. The second kappa shape index (κ2) is 8.40. The van der Waals surface area contributed by atoms with Gasteiger partial charge in [-0.05, 0) is 31.0 Å². The van der Waals surface area contributed by atoms with Crippen LogP contribution in [0.25, 0.3) is 0 Å². The summed E-state index contributed by atoms with van der Waals surface area (Å²) >= 11 is 0. The zero-order chi connectivity index (χ0) is 21.4. The zero-order valence-electron chi connectivity index (χ0n) is 18.3. The highest BCUT2D eigenvalue weighted by atomic mass is 16.1. The van der Waals surface area contributed by atoms with Crippen LogP contribution in [-0.4, -0.2) is 49.3 Å². The number of fused-ring (bicyclic) bond motifs is 4. The minimum Gasteiger partial charge on any atom is -0.320 e. The lowest BCUT2D eigenvalue weighted by atomic mass is 9.83. The Balaban J connectivity index is 1.31. The molecule has 1 fully saturated rings. The second-order valence-electron chi connectivity index (χ2n) is 9.21. The molecule has 0 radical (unpaired) electrons. The van der Waals surface area contributed by atoms with Gasteiger partial charge in [-0.3, -0.25) is 14.6 Å². The van der Waals surface area contributed by atoms with Crippen molar-refractivity contribution in [3.05, 3.63) is 81.8 Å². The van der Waals surface area contributed by atoms with Crippen LogP contribution in [0.2, 0.25) is 0 Å². The van der Waals surface area contributed by atoms with E-state index in [1.165, 1.54) is 17.7 Å². The summed E-state index contributed by atoms with van der Waals surface area (Å²) in [5.74, 6) is 1.88. The molecule has 0 amide bonds. The van der Waals surface area contributed by atoms with Crippen LogP contribution in [-0.2, 0) is 33.2 Å². The maximum Gasteiger partial charge on any atom is 0.255 e. The molecule has 2 aromatic heterocycles. The van der Waals surface area contributed by atoms with Crippen LogP contribution in [0.4, 0.5) is 0 Å². The van der Waals surface area contributed by atoms with E-state index in [1.54, 1.807) is 6.33 Å². The summed E-state index contributed by atoms with van der Waals surface area (Å²) in [6, 6.07) is 14.9. The first-order valence-electron chi connectivity index (χ1n) is 11.1. The van der Waals surface area contributed by atoms with Gasteiger partial charge in [0.25, 0.3) is 5.56 Å². The Kier molecular flexibility index (Phi) is 5.46. The van der Waals surface area contributed by atoms with Gasteiger partial charge in [0.15, 0.2) is 0 Å². The molecule has 31 heavy (non-hydrogen) atoms. The Hall–Kier alpha value is -2.77. The summed E-state index contributed by atoms with van der Waals surface area (Å²) in [4.78, 5) is 18.0. The predicted molar refractivity (Wildman–Crippen MR) is 119 cm³/mol. The van der Waals surface area contributed by atoms with E-state index >= 15 is 0 Å². The second-order valence-corrected chi connectivity index (χ2v) is 9.21. The Labute approximate surface area is 182 Å². The average molecular weight is 419 g/mol. The lowest BCUT2D eigenvalue weighted by Crippen LogP contribution is -2.47. The average Bonchev–Trinajstić information content (AvgIpc) is 3.15. The number of piperidine rings is 1. The molecule has 3 aromatic rings. The van der Waals surface area contributed by atoms with Gasteiger partial charge in [0, 0.05) is 56.9 Å². The van der Waals surface area contributed by atoms with Crippen molar-refractivity contribution < 1.29 is 0 Å². The number of aromatic nitrogens is 4. The number of hydrogen-bond donors (Lipinski definition) is 0. The van der Waals surface area contributed by atoms with Gasteiger partial charge in [-0.15, -0.1) is 10.2 Å². The predicted octanol–water partition coefficient (Wildman–Crippen LogP) is 2.23. The van der Waals surface area contributed by atoms with E-state index < -0.39 is 0 Å². The molecule has 2 atom stereocenters. The summed E-state index contributed by atoms with van der Waals surface area (Å²) in [7, 11) is 3.96. The minimum atomic E-state index is 0.175. The van der Waals surface area contributed by atoms with Crippen LogP contribution in [0, 0.1) is 5.92 Å². The Morgan fingerprint density at radius 2 is 1.90 bits per heavy atom. The Morgan fingerprint density at radius 1 is 1.06 bits per heavy atom. The first-order valence-corrected chi connectivity index (χ1v) is 11.1. The Bertz CT molecular complexity index is 1100. The van der Waals surface area contributed by atoms with E-state index in [4.69, 9.17) is 0 Å². The van der Waals surface area contributed by atoms with Gasteiger partial charge in [-0.25, -0.2) is 0 Å². The topological polar surface area (TPSA) is 59.2 Å². The number of nitrogens with zero attached hydrogens (tertiary/aromatic N) is 6. The summed E-state index contributed by atoms with van der Waals surface area (Å²) in [5.41, 5.74) is 3.60. The summed E-state index contributed by atoms with van der Waals surface area (Å²) < 4.78 is 3.97. The van der Waals surface area contributed by atoms with E-state index in [0.29, 0.717) is 24.9 Å². The van der Waals surface area contributed by atoms with Gasteiger partial charge in [0.1, 0.15) is 12.2 Å². The third kappa shape index (κ3) is 4.20. The molecule has 0 aliphatic carbocycles. The molecular weight excluding hydrogens is 388 g/mol. The summed E-state index contributed by atoms with van der Waals surface area (Å²) in [6.07, 6.45) is 2.90. The molecule has 2 bridgehead atoms.